The number of methoxy groups -OCH3 is 1. The maximum absolute atomic E-state index is 12.3. The molecule has 0 bridgehead atoms. The number of esters is 1. The van der Waals surface area contributed by atoms with Gasteiger partial charge in [0.25, 0.3) is 0 Å². The molecule has 0 radical (unpaired) electrons. The van der Waals surface area contributed by atoms with Gasteiger partial charge < -0.3 is 23.5 Å². The van der Waals surface area contributed by atoms with E-state index in [1.807, 2.05) is 35.8 Å². The quantitative estimate of drug-likeness (QED) is 0.446. The standard InChI is InChI=1S/C25H27NO6/c1-4-30-25(28)20-7-5-19(6-8-20)17-32-24-18(2)26(14-13-23(24)27)15-16-31-22-11-9-21(29-3)10-12-22/h5-14H,4,15-17H2,1-3H3. The largest absolute Gasteiger partial charge is 0.497 e. The van der Waals surface area contributed by atoms with Gasteiger partial charge in [0.1, 0.15) is 24.7 Å². The Kier molecular flexibility index (Phi) is 7.91. The summed E-state index contributed by atoms with van der Waals surface area (Å²) in [6.45, 7) is 5.14. The van der Waals surface area contributed by atoms with E-state index in [0.717, 1.165) is 22.8 Å². The Morgan fingerprint density at radius 2 is 1.62 bits per heavy atom. The molecule has 0 fully saturated rings. The molecule has 2 aromatic carbocycles. The SMILES string of the molecule is CCOC(=O)c1ccc(COc2c(C)n(CCOc3ccc(OC)cc3)ccc2=O)cc1. The van der Waals surface area contributed by atoms with Crippen LogP contribution in [0, 0.1) is 6.92 Å². The fraction of sp³-hybridized carbons (Fsp3) is 0.280. The van der Waals surface area contributed by atoms with Gasteiger partial charge in [-0.15, -0.1) is 0 Å². The zero-order valence-electron chi connectivity index (χ0n) is 18.5. The van der Waals surface area contributed by atoms with E-state index >= 15 is 0 Å². The van der Waals surface area contributed by atoms with Gasteiger partial charge in [0, 0.05) is 12.3 Å². The van der Waals surface area contributed by atoms with Crippen LogP contribution in [-0.2, 0) is 17.9 Å². The molecule has 0 aliphatic carbocycles. The van der Waals surface area contributed by atoms with Crippen LogP contribution in [0.2, 0.25) is 0 Å². The number of nitrogens with zero attached hydrogens (tertiary/aromatic N) is 1. The van der Waals surface area contributed by atoms with Crippen LogP contribution in [0.3, 0.4) is 0 Å². The van der Waals surface area contributed by atoms with E-state index in [1.54, 1.807) is 44.5 Å². The van der Waals surface area contributed by atoms with E-state index in [9.17, 15) is 9.59 Å². The third-order valence-corrected chi connectivity index (χ3v) is 4.90. The van der Waals surface area contributed by atoms with Crippen LogP contribution in [-0.4, -0.2) is 30.9 Å². The molecule has 7 nitrogen and oxygen atoms in total. The predicted molar refractivity (Wildman–Crippen MR) is 121 cm³/mol. The molecule has 3 aromatic rings. The van der Waals surface area contributed by atoms with Crippen molar-refractivity contribution in [3.63, 3.8) is 0 Å². The van der Waals surface area contributed by atoms with Gasteiger partial charge in [-0.25, -0.2) is 4.79 Å². The van der Waals surface area contributed by atoms with Crippen LogP contribution in [0.1, 0.15) is 28.5 Å². The molecule has 32 heavy (non-hydrogen) atoms. The number of hydrogen-bond donors (Lipinski definition) is 0. The Morgan fingerprint density at radius 1 is 0.938 bits per heavy atom. The molecule has 0 saturated carbocycles. The molecule has 1 heterocycles. The topological polar surface area (TPSA) is 76.0 Å². The van der Waals surface area contributed by atoms with Crippen LogP contribution < -0.4 is 19.6 Å². The highest BCUT2D eigenvalue weighted by atomic mass is 16.5. The summed E-state index contributed by atoms with van der Waals surface area (Å²) in [5.41, 5.74) is 1.86. The number of carbonyl (C=O) groups excluding carboxylic acids is 1. The van der Waals surface area contributed by atoms with Crippen molar-refractivity contribution in [2.24, 2.45) is 0 Å². The molecule has 0 atom stereocenters. The third kappa shape index (κ3) is 5.91. The lowest BCUT2D eigenvalue weighted by Gasteiger charge is -2.15. The summed E-state index contributed by atoms with van der Waals surface area (Å²) in [4.78, 5) is 24.1. The molecule has 7 heteroatoms. The summed E-state index contributed by atoms with van der Waals surface area (Å²) in [7, 11) is 1.62. The highest BCUT2D eigenvalue weighted by Crippen LogP contribution is 2.18. The van der Waals surface area contributed by atoms with Gasteiger partial charge in [-0.1, -0.05) is 12.1 Å². The smallest absolute Gasteiger partial charge is 0.338 e. The molecule has 0 spiro atoms. The van der Waals surface area contributed by atoms with Crippen molar-refractivity contribution in [1.29, 1.82) is 0 Å². The summed E-state index contributed by atoms with van der Waals surface area (Å²) in [6.07, 6.45) is 1.73. The molecular weight excluding hydrogens is 410 g/mol. The second kappa shape index (κ2) is 11.0. The first-order chi connectivity index (χ1) is 15.5. The van der Waals surface area contributed by atoms with Crippen molar-refractivity contribution in [1.82, 2.24) is 4.57 Å². The van der Waals surface area contributed by atoms with Crippen molar-refractivity contribution in [3.05, 3.63) is 87.8 Å². The molecule has 0 saturated heterocycles. The average molecular weight is 437 g/mol. The summed E-state index contributed by atoms with van der Waals surface area (Å²) in [6, 6.07) is 15.8. The van der Waals surface area contributed by atoms with Gasteiger partial charge in [-0.2, -0.15) is 0 Å². The zero-order valence-corrected chi connectivity index (χ0v) is 18.5. The Hall–Kier alpha value is -3.74. The number of aromatic nitrogens is 1. The molecule has 0 aliphatic heterocycles. The first-order valence-corrected chi connectivity index (χ1v) is 10.4. The average Bonchev–Trinajstić information content (AvgIpc) is 2.81. The normalized spacial score (nSPS) is 10.5. The first kappa shape index (κ1) is 22.9. The monoisotopic (exact) mass is 437 g/mol. The Morgan fingerprint density at radius 3 is 2.28 bits per heavy atom. The van der Waals surface area contributed by atoms with Gasteiger partial charge in [-0.3, -0.25) is 4.79 Å². The van der Waals surface area contributed by atoms with Crippen LogP contribution in [0.5, 0.6) is 17.2 Å². The molecule has 0 amide bonds. The predicted octanol–water partition coefficient (Wildman–Crippen LogP) is 4.00. The highest BCUT2D eigenvalue weighted by Gasteiger charge is 2.10. The molecule has 0 aliphatic rings. The Labute approximate surface area is 187 Å². The van der Waals surface area contributed by atoms with Crippen molar-refractivity contribution >= 4 is 5.97 Å². The Balaban J connectivity index is 1.60. The van der Waals surface area contributed by atoms with Gasteiger partial charge in [0.2, 0.25) is 5.43 Å². The van der Waals surface area contributed by atoms with Gasteiger partial charge in [0.15, 0.2) is 5.75 Å². The molecule has 0 N–H and O–H groups in total. The lowest BCUT2D eigenvalue weighted by molar-refractivity contribution is 0.0526. The second-order valence-corrected chi connectivity index (χ2v) is 7.02. The highest BCUT2D eigenvalue weighted by molar-refractivity contribution is 5.89. The zero-order chi connectivity index (χ0) is 22.9. The lowest BCUT2D eigenvalue weighted by atomic mass is 10.1. The van der Waals surface area contributed by atoms with Gasteiger partial charge >= 0.3 is 5.97 Å². The minimum absolute atomic E-state index is 0.182. The van der Waals surface area contributed by atoms with E-state index in [1.165, 1.54) is 6.07 Å². The van der Waals surface area contributed by atoms with Crippen molar-refractivity contribution in [2.75, 3.05) is 20.3 Å². The van der Waals surface area contributed by atoms with Gasteiger partial charge in [-0.05, 0) is 55.8 Å². The fourth-order valence-corrected chi connectivity index (χ4v) is 3.11. The van der Waals surface area contributed by atoms with Crippen LogP contribution in [0.25, 0.3) is 0 Å². The van der Waals surface area contributed by atoms with E-state index in [2.05, 4.69) is 0 Å². The Bertz CT molecular complexity index is 1090. The molecule has 3 rings (SSSR count). The summed E-state index contributed by atoms with van der Waals surface area (Å²) in [5, 5.41) is 0. The number of carbonyl (C=O) groups is 1. The van der Waals surface area contributed by atoms with Crippen LogP contribution in [0.15, 0.2) is 65.6 Å². The van der Waals surface area contributed by atoms with Gasteiger partial charge in [0.05, 0.1) is 31.5 Å². The van der Waals surface area contributed by atoms with Crippen molar-refractivity contribution < 1.29 is 23.7 Å². The molecule has 168 valence electrons. The van der Waals surface area contributed by atoms with E-state index in [0.29, 0.717) is 31.1 Å². The molecule has 0 unspecified atom stereocenters. The number of benzene rings is 2. The van der Waals surface area contributed by atoms with Crippen LogP contribution >= 0.6 is 0 Å². The minimum Gasteiger partial charge on any atom is -0.497 e. The van der Waals surface area contributed by atoms with E-state index < -0.39 is 0 Å². The number of rotatable bonds is 10. The summed E-state index contributed by atoms with van der Waals surface area (Å²) in [5.74, 6) is 1.45. The maximum Gasteiger partial charge on any atom is 0.338 e. The number of hydrogen-bond acceptors (Lipinski definition) is 6. The van der Waals surface area contributed by atoms with E-state index in [4.69, 9.17) is 18.9 Å². The van der Waals surface area contributed by atoms with Crippen molar-refractivity contribution in [2.45, 2.75) is 27.0 Å². The lowest BCUT2D eigenvalue weighted by Crippen LogP contribution is -2.17. The maximum atomic E-state index is 12.3. The van der Waals surface area contributed by atoms with Crippen molar-refractivity contribution in [3.8, 4) is 17.2 Å². The molecular formula is C25H27NO6. The fourth-order valence-electron chi connectivity index (χ4n) is 3.11. The van der Waals surface area contributed by atoms with E-state index in [-0.39, 0.29) is 18.0 Å². The summed E-state index contributed by atoms with van der Waals surface area (Å²) < 4.78 is 23.7. The molecule has 1 aromatic heterocycles. The number of ether oxygens (including phenoxy) is 4. The second-order valence-electron chi connectivity index (χ2n) is 7.02. The first-order valence-electron chi connectivity index (χ1n) is 10.4. The third-order valence-electron chi connectivity index (χ3n) is 4.90. The summed E-state index contributed by atoms with van der Waals surface area (Å²) >= 11 is 0. The van der Waals surface area contributed by atoms with Crippen LogP contribution in [0.4, 0.5) is 0 Å². The minimum atomic E-state index is -0.362. The number of pyridine rings is 1.